The van der Waals surface area contributed by atoms with Crippen molar-refractivity contribution < 1.29 is 14.6 Å². The summed E-state index contributed by atoms with van der Waals surface area (Å²) in [5.41, 5.74) is 0. The maximum absolute atomic E-state index is 10.6. The predicted molar refractivity (Wildman–Crippen MR) is 53.3 cm³/mol. The highest BCUT2D eigenvalue weighted by Gasteiger charge is 2.26. The van der Waals surface area contributed by atoms with Crippen LogP contribution in [0.3, 0.4) is 0 Å². The summed E-state index contributed by atoms with van der Waals surface area (Å²) < 4.78 is 5.24. The number of carbonyl (C=O) groups is 1. The van der Waals surface area contributed by atoms with E-state index in [1.165, 1.54) is 0 Å². The molecule has 0 amide bonds. The zero-order chi connectivity index (χ0) is 10.6. The number of carboxylic acid groups (broad SMARTS) is 1. The lowest BCUT2D eigenvalue weighted by atomic mass is 9.90. The van der Waals surface area contributed by atoms with Gasteiger partial charge in [0.05, 0.1) is 12.5 Å². The van der Waals surface area contributed by atoms with Crippen molar-refractivity contribution in [2.45, 2.75) is 25.4 Å². The lowest BCUT2D eigenvalue weighted by molar-refractivity contribution is -0.141. The fourth-order valence-electron chi connectivity index (χ4n) is 2.01. The molecule has 0 aliphatic carbocycles. The van der Waals surface area contributed by atoms with Gasteiger partial charge in [0.1, 0.15) is 0 Å². The monoisotopic (exact) mass is 201 g/mol. The lowest BCUT2D eigenvalue weighted by Gasteiger charge is -2.32. The SMILES string of the molecule is COC(CC(=O)O)C1CCN(C)CC1. The number of likely N-dealkylation sites (tertiary alicyclic amines) is 1. The van der Waals surface area contributed by atoms with E-state index in [2.05, 4.69) is 11.9 Å². The van der Waals surface area contributed by atoms with Crippen LogP contribution in [0.2, 0.25) is 0 Å². The minimum absolute atomic E-state index is 0.110. The van der Waals surface area contributed by atoms with Crippen molar-refractivity contribution in [3.63, 3.8) is 0 Å². The maximum atomic E-state index is 10.6. The van der Waals surface area contributed by atoms with Gasteiger partial charge in [-0.25, -0.2) is 0 Å². The smallest absolute Gasteiger partial charge is 0.305 e. The Balaban J connectivity index is 2.40. The van der Waals surface area contributed by atoms with E-state index in [9.17, 15) is 4.79 Å². The summed E-state index contributed by atoms with van der Waals surface area (Å²) >= 11 is 0. The van der Waals surface area contributed by atoms with Crippen LogP contribution in [-0.2, 0) is 9.53 Å². The second kappa shape index (κ2) is 5.32. The fraction of sp³-hybridized carbons (Fsp3) is 0.900. The summed E-state index contributed by atoms with van der Waals surface area (Å²) in [6.45, 7) is 2.09. The molecule has 1 aliphatic heterocycles. The van der Waals surface area contributed by atoms with Gasteiger partial charge in [-0.1, -0.05) is 0 Å². The average molecular weight is 201 g/mol. The van der Waals surface area contributed by atoms with Gasteiger partial charge in [-0.3, -0.25) is 4.79 Å². The van der Waals surface area contributed by atoms with Crippen LogP contribution in [0.15, 0.2) is 0 Å². The topological polar surface area (TPSA) is 49.8 Å². The Bertz CT molecular complexity index is 188. The van der Waals surface area contributed by atoms with Gasteiger partial charge in [0.2, 0.25) is 0 Å². The molecule has 4 heteroatoms. The van der Waals surface area contributed by atoms with Crippen molar-refractivity contribution in [2.24, 2.45) is 5.92 Å². The van der Waals surface area contributed by atoms with Gasteiger partial charge in [0, 0.05) is 7.11 Å². The van der Waals surface area contributed by atoms with Crippen molar-refractivity contribution in [3.05, 3.63) is 0 Å². The zero-order valence-electron chi connectivity index (χ0n) is 8.90. The van der Waals surface area contributed by atoms with E-state index in [1.807, 2.05) is 0 Å². The number of hydrogen-bond donors (Lipinski definition) is 1. The zero-order valence-corrected chi connectivity index (χ0v) is 8.90. The van der Waals surface area contributed by atoms with Crippen LogP contribution in [0, 0.1) is 5.92 Å². The molecule has 1 saturated heterocycles. The van der Waals surface area contributed by atoms with Crippen LogP contribution in [0.5, 0.6) is 0 Å². The molecule has 4 nitrogen and oxygen atoms in total. The molecule has 14 heavy (non-hydrogen) atoms. The number of nitrogens with zero attached hydrogens (tertiary/aromatic N) is 1. The van der Waals surface area contributed by atoms with Gasteiger partial charge in [-0.05, 0) is 38.9 Å². The standard InChI is InChI=1S/C10H19NO3/c1-11-5-3-8(4-6-11)9(14-2)7-10(12)13/h8-9H,3-7H2,1-2H3,(H,12,13). The molecule has 0 radical (unpaired) electrons. The summed E-state index contributed by atoms with van der Waals surface area (Å²) in [5.74, 6) is -0.358. The van der Waals surface area contributed by atoms with Crippen molar-refractivity contribution in [3.8, 4) is 0 Å². The summed E-state index contributed by atoms with van der Waals surface area (Å²) in [5, 5.41) is 8.71. The average Bonchev–Trinajstić information content (AvgIpc) is 2.15. The molecule has 1 rings (SSSR count). The van der Waals surface area contributed by atoms with Crippen molar-refractivity contribution in [2.75, 3.05) is 27.2 Å². The first-order valence-electron chi connectivity index (χ1n) is 5.06. The van der Waals surface area contributed by atoms with Crippen molar-refractivity contribution >= 4 is 5.97 Å². The second-order valence-corrected chi connectivity index (χ2v) is 4.01. The number of carboxylic acids is 1. The third-order valence-corrected chi connectivity index (χ3v) is 2.97. The molecular formula is C10H19NO3. The highest BCUT2D eigenvalue weighted by molar-refractivity contribution is 5.67. The van der Waals surface area contributed by atoms with E-state index in [-0.39, 0.29) is 12.5 Å². The molecule has 1 heterocycles. The number of aliphatic carboxylic acids is 1. The minimum Gasteiger partial charge on any atom is -0.481 e. The Morgan fingerprint density at radius 3 is 2.57 bits per heavy atom. The van der Waals surface area contributed by atoms with E-state index in [4.69, 9.17) is 9.84 Å². The molecule has 82 valence electrons. The summed E-state index contributed by atoms with van der Waals surface area (Å²) in [4.78, 5) is 12.9. The lowest BCUT2D eigenvalue weighted by Crippen LogP contribution is -2.37. The first kappa shape index (κ1) is 11.5. The van der Waals surface area contributed by atoms with Crippen LogP contribution in [-0.4, -0.2) is 49.3 Å². The van der Waals surface area contributed by atoms with Gasteiger partial charge in [-0.15, -0.1) is 0 Å². The number of methoxy groups -OCH3 is 1. The number of hydrogen-bond acceptors (Lipinski definition) is 3. The summed E-state index contributed by atoms with van der Waals surface area (Å²) in [6.07, 6.45) is 2.11. The Hall–Kier alpha value is -0.610. The van der Waals surface area contributed by atoms with Crippen LogP contribution in [0.1, 0.15) is 19.3 Å². The quantitative estimate of drug-likeness (QED) is 0.731. The van der Waals surface area contributed by atoms with Gasteiger partial charge >= 0.3 is 5.97 Å². The van der Waals surface area contributed by atoms with Crippen molar-refractivity contribution in [1.82, 2.24) is 4.90 Å². The Kier molecular flexibility index (Phi) is 4.35. The first-order valence-corrected chi connectivity index (χ1v) is 5.06. The molecule has 1 aliphatic rings. The molecule has 0 aromatic heterocycles. The number of piperidine rings is 1. The van der Waals surface area contributed by atoms with Crippen molar-refractivity contribution in [1.29, 1.82) is 0 Å². The Morgan fingerprint density at radius 2 is 2.14 bits per heavy atom. The van der Waals surface area contributed by atoms with Gasteiger partial charge < -0.3 is 14.7 Å². The molecule has 0 aromatic rings. The molecule has 1 N–H and O–H groups in total. The minimum atomic E-state index is -0.768. The molecule has 1 unspecified atom stereocenters. The first-order chi connectivity index (χ1) is 6.63. The largest absolute Gasteiger partial charge is 0.481 e. The van der Waals surface area contributed by atoms with E-state index in [0.717, 1.165) is 25.9 Å². The molecular weight excluding hydrogens is 182 g/mol. The third-order valence-electron chi connectivity index (χ3n) is 2.97. The predicted octanol–water partition coefficient (Wildman–Crippen LogP) is 0.818. The van der Waals surface area contributed by atoms with Gasteiger partial charge in [0.15, 0.2) is 0 Å². The van der Waals surface area contributed by atoms with Crippen LogP contribution < -0.4 is 0 Å². The molecule has 0 spiro atoms. The summed E-state index contributed by atoms with van der Waals surface area (Å²) in [6, 6.07) is 0. The number of ether oxygens (including phenoxy) is 1. The van der Waals surface area contributed by atoms with E-state index in [0.29, 0.717) is 5.92 Å². The van der Waals surface area contributed by atoms with Crippen LogP contribution in [0.4, 0.5) is 0 Å². The van der Waals surface area contributed by atoms with Crippen LogP contribution >= 0.6 is 0 Å². The highest BCUT2D eigenvalue weighted by Crippen LogP contribution is 2.23. The Morgan fingerprint density at radius 1 is 1.57 bits per heavy atom. The molecule has 0 saturated carbocycles. The molecule has 1 fully saturated rings. The maximum Gasteiger partial charge on any atom is 0.305 e. The second-order valence-electron chi connectivity index (χ2n) is 4.01. The molecule has 0 aromatic carbocycles. The fourth-order valence-corrected chi connectivity index (χ4v) is 2.01. The summed E-state index contributed by atoms with van der Waals surface area (Å²) in [7, 11) is 3.70. The normalized spacial score (nSPS) is 22.1. The number of rotatable bonds is 4. The molecule has 0 bridgehead atoms. The van der Waals surface area contributed by atoms with Gasteiger partial charge in [-0.2, -0.15) is 0 Å². The van der Waals surface area contributed by atoms with E-state index >= 15 is 0 Å². The van der Waals surface area contributed by atoms with Crippen LogP contribution in [0.25, 0.3) is 0 Å². The molecule has 1 atom stereocenters. The van der Waals surface area contributed by atoms with E-state index < -0.39 is 5.97 Å². The Labute approximate surface area is 84.8 Å². The highest BCUT2D eigenvalue weighted by atomic mass is 16.5. The van der Waals surface area contributed by atoms with Gasteiger partial charge in [0.25, 0.3) is 0 Å². The third kappa shape index (κ3) is 3.27. The van der Waals surface area contributed by atoms with E-state index in [1.54, 1.807) is 7.11 Å².